The Labute approximate surface area is 187 Å². The van der Waals surface area contributed by atoms with Gasteiger partial charge >= 0.3 is 0 Å². The molecule has 0 amide bonds. The molecule has 0 heterocycles. The van der Waals surface area contributed by atoms with Crippen molar-refractivity contribution in [3.8, 4) is 0 Å². The highest BCUT2D eigenvalue weighted by Crippen LogP contribution is 2.34. The first kappa shape index (κ1) is 20.6. The van der Waals surface area contributed by atoms with E-state index in [1.165, 1.54) is 42.8 Å². The van der Waals surface area contributed by atoms with Crippen LogP contribution in [0.1, 0.15) is 22.3 Å². The van der Waals surface area contributed by atoms with Crippen molar-refractivity contribution in [2.24, 2.45) is 0 Å². The summed E-state index contributed by atoms with van der Waals surface area (Å²) in [6.45, 7) is 7.87. The maximum absolute atomic E-state index is 3.94. The van der Waals surface area contributed by atoms with Crippen molar-refractivity contribution in [1.82, 2.24) is 0 Å². The Bertz CT molecular complexity index is 1190. The second-order valence-electron chi connectivity index (χ2n) is 7.02. The van der Waals surface area contributed by atoms with E-state index in [9.17, 15) is 0 Å². The summed E-state index contributed by atoms with van der Waals surface area (Å²) in [6, 6.07) is 30.3. The average Bonchev–Trinajstić information content (AvgIpc) is 2.81. The number of hydrogen-bond acceptors (Lipinski definition) is 2. The second-order valence-corrected chi connectivity index (χ2v) is 9.09. The van der Waals surface area contributed by atoms with E-state index in [2.05, 4.69) is 98.1 Å². The van der Waals surface area contributed by atoms with Gasteiger partial charge < -0.3 is 0 Å². The highest BCUT2D eigenvalue weighted by molar-refractivity contribution is 7.99. The fraction of sp³-hybridized carbons (Fsp3) is 0.0714. The van der Waals surface area contributed by atoms with Crippen LogP contribution in [0.3, 0.4) is 0 Å². The predicted octanol–water partition coefficient (Wildman–Crippen LogP) is 8.71. The van der Waals surface area contributed by atoms with Gasteiger partial charge in [-0.3, -0.25) is 0 Å². The SMILES string of the molecule is C=Cc1ccccc1CSc1ccc2c(SCc3ccccc3C=C)cccc2c1. The molecule has 0 aliphatic carbocycles. The Hall–Kier alpha value is -2.68. The van der Waals surface area contributed by atoms with Crippen molar-refractivity contribution < 1.29 is 0 Å². The van der Waals surface area contributed by atoms with Gasteiger partial charge in [0, 0.05) is 21.3 Å². The Morgan fingerprint density at radius 3 is 1.93 bits per heavy atom. The maximum atomic E-state index is 3.94. The molecule has 4 aromatic carbocycles. The zero-order valence-electron chi connectivity index (χ0n) is 16.9. The monoisotopic (exact) mass is 424 g/mol. The average molecular weight is 425 g/mol. The highest BCUT2D eigenvalue weighted by Gasteiger charge is 2.06. The van der Waals surface area contributed by atoms with E-state index in [0.29, 0.717) is 0 Å². The first-order chi connectivity index (χ1) is 14.8. The molecule has 0 atom stereocenters. The van der Waals surface area contributed by atoms with Crippen LogP contribution in [0.5, 0.6) is 0 Å². The van der Waals surface area contributed by atoms with Gasteiger partial charge in [-0.25, -0.2) is 0 Å². The maximum Gasteiger partial charge on any atom is 0.0238 e. The fourth-order valence-corrected chi connectivity index (χ4v) is 5.54. The summed E-state index contributed by atoms with van der Waals surface area (Å²) in [4.78, 5) is 2.61. The molecule has 4 rings (SSSR count). The molecule has 0 aromatic heterocycles. The van der Waals surface area contributed by atoms with E-state index in [1.54, 1.807) is 0 Å². The van der Waals surface area contributed by atoms with Gasteiger partial charge in [-0.2, -0.15) is 0 Å². The lowest BCUT2D eigenvalue weighted by molar-refractivity contribution is 1.37. The Morgan fingerprint density at radius 1 is 0.633 bits per heavy atom. The topological polar surface area (TPSA) is 0 Å². The van der Waals surface area contributed by atoms with Crippen LogP contribution in [0.4, 0.5) is 0 Å². The molecular formula is C28H24S2. The van der Waals surface area contributed by atoms with Crippen LogP contribution in [0.25, 0.3) is 22.9 Å². The van der Waals surface area contributed by atoms with Gasteiger partial charge in [0.2, 0.25) is 0 Å². The molecular weight excluding hydrogens is 400 g/mol. The summed E-state index contributed by atoms with van der Waals surface area (Å²) >= 11 is 3.76. The third kappa shape index (κ3) is 4.72. The van der Waals surface area contributed by atoms with Crippen LogP contribution in [0.2, 0.25) is 0 Å². The summed E-state index contributed by atoms with van der Waals surface area (Å²) in [7, 11) is 0. The number of rotatable bonds is 8. The molecule has 2 heteroatoms. The fourth-order valence-electron chi connectivity index (χ4n) is 3.49. The molecule has 0 bridgehead atoms. The number of thioether (sulfide) groups is 2. The Kier molecular flexibility index (Phi) is 6.78. The van der Waals surface area contributed by atoms with E-state index in [4.69, 9.17) is 0 Å². The molecule has 0 saturated carbocycles. The molecule has 0 aliphatic heterocycles. The van der Waals surface area contributed by atoms with E-state index in [-0.39, 0.29) is 0 Å². The number of fused-ring (bicyclic) bond motifs is 1. The van der Waals surface area contributed by atoms with Crippen molar-refractivity contribution in [1.29, 1.82) is 0 Å². The molecule has 148 valence electrons. The smallest absolute Gasteiger partial charge is 0.0238 e. The summed E-state index contributed by atoms with van der Waals surface area (Å²) < 4.78 is 0. The first-order valence-electron chi connectivity index (χ1n) is 9.97. The first-order valence-corrected chi connectivity index (χ1v) is 11.9. The molecule has 0 radical (unpaired) electrons. The molecule has 0 saturated heterocycles. The minimum absolute atomic E-state index is 0.941. The van der Waals surface area contributed by atoms with E-state index >= 15 is 0 Å². The zero-order valence-corrected chi connectivity index (χ0v) is 18.5. The summed E-state index contributed by atoms with van der Waals surface area (Å²) in [5.74, 6) is 1.89. The van der Waals surface area contributed by atoms with Gasteiger partial charge in [-0.05, 0) is 51.2 Å². The minimum Gasteiger partial charge on any atom is -0.121 e. The quantitative estimate of drug-likeness (QED) is 0.259. The Morgan fingerprint density at radius 2 is 1.27 bits per heavy atom. The summed E-state index contributed by atoms with van der Waals surface area (Å²) in [6.07, 6.45) is 3.87. The predicted molar refractivity (Wildman–Crippen MR) is 136 cm³/mol. The summed E-state index contributed by atoms with van der Waals surface area (Å²) in [5.41, 5.74) is 5.07. The molecule has 0 aliphatic rings. The van der Waals surface area contributed by atoms with Gasteiger partial charge in [-0.15, -0.1) is 23.5 Å². The van der Waals surface area contributed by atoms with E-state index in [0.717, 1.165) is 11.5 Å². The highest BCUT2D eigenvalue weighted by atomic mass is 32.2. The molecule has 0 unspecified atom stereocenters. The van der Waals surface area contributed by atoms with Gasteiger partial charge in [0.15, 0.2) is 0 Å². The lowest BCUT2D eigenvalue weighted by atomic mass is 10.1. The summed E-state index contributed by atoms with van der Waals surface area (Å²) in [5, 5.41) is 2.61. The van der Waals surface area contributed by atoms with E-state index in [1.807, 2.05) is 35.7 Å². The Balaban J connectivity index is 1.52. The normalized spacial score (nSPS) is 10.8. The van der Waals surface area contributed by atoms with Crippen LogP contribution < -0.4 is 0 Å². The standard InChI is InChI=1S/C28H24S2/c1-3-21-10-5-7-12-24(21)19-29-26-16-17-27-23(18-26)14-9-15-28(27)30-20-25-13-8-6-11-22(25)4-2/h3-18H,1-2,19-20H2. The van der Waals surface area contributed by atoms with Crippen molar-refractivity contribution in [3.05, 3.63) is 120 Å². The van der Waals surface area contributed by atoms with Gasteiger partial charge in [0.05, 0.1) is 0 Å². The molecule has 30 heavy (non-hydrogen) atoms. The molecule has 0 nitrogen and oxygen atoms in total. The van der Waals surface area contributed by atoms with Crippen molar-refractivity contribution in [2.75, 3.05) is 0 Å². The van der Waals surface area contributed by atoms with Gasteiger partial charge in [0.25, 0.3) is 0 Å². The minimum atomic E-state index is 0.941. The van der Waals surface area contributed by atoms with Crippen LogP contribution >= 0.6 is 23.5 Å². The molecule has 0 fully saturated rings. The van der Waals surface area contributed by atoms with Crippen LogP contribution in [-0.2, 0) is 11.5 Å². The molecule has 0 spiro atoms. The molecule has 4 aromatic rings. The largest absolute Gasteiger partial charge is 0.121 e. The van der Waals surface area contributed by atoms with Crippen LogP contribution in [0.15, 0.2) is 108 Å². The van der Waals surface area contributed by atoms with Crippen LogP contribution in [0, 0.1) is 0 Å². The van der Waals surface area contributed by atoms with Crippen molar-refractivity contribution in [3.63, 3.8) is 0 Å². The number of benzene rings is 4. The second kappa shape index (κ2) is 9.88. The zero-order chi connectivity index (χ0) is 20.8. The third-order valence-corrected chi connectivity index (χ3v) is 7.30. The van der Waals surface area contributed by atoms with Gasteiger partial charge in [0.1, 0.15) is 0 Å². The third-order valence-electron chi connectivity index (χ3n) is 5.14. The van der Waals surface area contributed by atoms with Crippen LogP contribution in [-0.4, -0.2) is 0 Å². The molecule has 0 N–H and O–H groups in total. The van der Waals surface area contributed by atoms with Crippen molar-refractivity contribution >= 4 is 46.4 Å². The number of hydrogen-bond donors (Lipinski definition) is 0. The van der Waals surface area contributed by atoms with Gasteiger partial charge in [-0.1, -0.05) is 92.0 Å². The van der Waals surface area contributed by atoms with Crippen molar-refractivity contribution in [2.45, 2.75) is 21.3 Å². The lowest BCUT2D eigenvalue weighted by Gasteiger charge is -2.10. The lowest BCUT2D eigenvalue weighted by Crippen LogP contribution is -1.87. The van der Waals surface area contributed by atoms with E-state index < -0.39 is 0 Å².